The summed E-state index contributed by atoms with van der Waals surface area (Å²) in [7, 11) is 0. The van der Waals surface area contributed by atoms with E-state index in [-0.39, 0.29) is 5.82 Å². The van der Waals surface area contributed by atoms with Gasteiger partial charge >= 0.3 is 0 Å². The molecule has 0 aliphatic carbocycles. The molecule has 1 atom stereocenters. The first kappa shape index (κ1) is 13.1. The van der Waals surface area contributed by atoms with Crippen molar-refractivity contribution in [1.82, 2.24) is 0 Å². The molecule has 1 heterocycles. The van der Waals surface area contributed by atoms with Crippen LogP contribution in [0.3, 0.4) is 0 Å². The normalized spacial score (nSPS) is 17.6. The van der Waals surface area contributed by atoms with Crippen LogP contribution >= 0.6 is 0 Å². The molecule has 1 aliphatic heterocycles. The van der Waals surface area contributed by atoms with E-state index in [1.54, 1.807) is 13.8 Å². The molecule has 18 heavy (non-hydrogen) atoms. The van der Waals surface area contributed by atoms with Crippen LogP contribution < -0.4 is 4.90 Å². The fraction of sp³-hybridized carbons (Fsp3) is 0.467. The van der Waals surface area contributed by atoms with Crippen LogP contribution in [0.4, 0.5) is 10.1 Å². The molecular formula is C15H20FNO. The van der Waals surface area contributed by atoms with E-state index < -0.39 is 6.10 Å². The minimum atomic E-state index is -0.652. The van der Waals surface area contributed by atoms with Gasteiger partial charge in [-0.25, -0.2) is 4.39 Å². The molecule has 2 nitrogen and oxygen atoms in total. The van der Waals surface area contributed by atoms with Gasteiger partial charge in [0.15, 0.2) is 0 Å². The summed E-state index contributed by atoms with van der Waals surface area (Å²) in [5.41, 5.74) is 3.57. The number of hydrogen-bond donors (Lipinski definition) is 1. The summed E-state index contributed by atoms with van der Waals surface area (Å²) < 4.78 is 13.6. The lowest BCUT2D eigenvalue weighted by atomic mass is 10.0. The largest absolute Gasteiger partial charge is 0.389 e. The Hall–Kier alpha value is -1.35. The zero-order chi connectivity index (χ0) is 13.3. The van der Waals surface area contributed by atoms with Crippen molar-refractivity contribution in [2.45, 2.75) is 33.3 Å². The van der Waals surface area contributed by atoms with Gasteiger partial charge in [0, 0.05) is 24.3 Å². The molecule has 0 amide bonds. The van der Waals surface area contributed by atoms with E-state index in [0.717, 1.165) is 25.2 Å². The molecule has 0 radical (unpaired) electrons. The SMILES string of the molecule is CC1=CCCN(c2cc(C)c(F)cc2C(C)O)C1. The summed E-state index contributed by atoms with van der Waals surface area (Å²) in [6.45, 7) is 7.31. The van der Waals surface area contributed by atoms with Gasteiger partial charge in [-0.15, -0.1) is 0 Å². The summed E-state index contributed by atoms with van der Waals surface area (Å²) in [6.07, 6.45) is 2.58. The molecular weight excluding hydrogens is 229 g/mol. The molecule has 0 spiro atoms. The van der Waals surface area contributed by atoms with Crippen LogP contribution in [0, 0.1) is 12.7 Å². The maximum Gasteiger partial charge on any atom is 0.126 e. The van der Waals surface area contributed by atoms with Crippen LogP contribution in [0.1, 0.15) is 37.5 Å². The quantitative estimate of drug-likeness (QED) is 0.813. The lowest BCUT2D eigenvalue weighted by molar-refractivity contribution is 0.199. The first-order valence-electron chi connectivity index (χ1n) is 6.37. The predicted octanol–water partition coefficient (Wildman–Crippen LogP) is 3.34. The zero-order valence-electron chi connectivity index (χ0n) is 11.2. The van der Waals surface area contributed by atoms with Gasteiger partial charge in [-0.3, -0.25) is 0 Å². The second kappa shape index (κ2) is 5.11. The number of aliphatic hydroxyl groups excluding tert-OH is 1. The Morgan fingerprint density at radius 1 is 1.33 bits per heavy atom. The van der Waals surface area contributed by atoms with E-state index in [0.29, 0.717) is 11.1 Å². The summed E-state index contributed by atoms with van der Waals surface area (Å²) in [5.74, 6) is -0.251. The highest BCUT2D eigenvalue weighted by Crippen LogP contribution is 2.31. The second-order valence-electron chi connectivity index (χ2n) is 5.10. The van der Waals surface area contributed by atoms with Crippen molar-refractivity contribution in [3.63, 3.8) is 0 Å². The summed E-state index contributed by atoms with van der Waals surface area (Å²) in [6, 6.07) is 3.30. The molecule has 1 aromatic carbocycles. The average molecular weight is 249 g/mol. The maximum absolute atomic E-state index is 13.6. The molecule has 0 saturated carbocycles. The first-order valence-corrected chi connectivity index (χ1v) is 6.37. The highest BCUT2D eigenvalue weighted by atomic mass is 19.1. The van der Waals surface area contributed by atoms with Crippen molar-refractivity contribution in [1.29, 1.82) is 0 Å². The molecule has 0 aromatic heterocycles. The molecule has 0 saturated heterocycles. The van der Waals surface area contributed by atoms with E-state index in [4.69, 9.17) is 0 Å². The van der Waals surface area contributed by atoms with E-state index in [1.165, 1.54) is 11.6 Å². The second-order valence-corrected chi connectivity index (χ2v) is 5.10. The molecule has 0 bridgehead atoms. The topological polar surface area (TPSA) is 23.5 Å². The van der Waals surface area contributed by atoms with Crippen molar-refractivity contribution in [2.75, 3.05) is 18.0 Å². The molecule has 1 unspecified atom stereocenters. The van der Waals surface area contributed by atoms with E-state index in [2.05, 4.69) is 17.9 Å². The number of aliphatic hydroxyl groups is 1. The lowest BCUT2D eigenvalue weighted by Gasteiger charge is -2.31. The minimum Gasteiger partial charge on any atom is -0.389 e. The summed E-state index contributed by atoms with van der Waals surface area (Å²) in [4.78, 5) is 2.21. The summed E-state index contributed by atoms with van der Waals surface area (Å²) in [5, 5.41) is 9.81. The van der Waals surface area contributed by atoms with Gasteiger partial charge < -0.3 is 10.0 Å². The van der Waals surface area contributed by atoms with Crippen molar-refractivity contribution in [3.8, 4) is 0 Å². The maximum atomic E-state index is 13.6. The molecule has 1 aromatic rings. The number of anilines is 1. The van der Waals surface area contributed by atoms with Crippen molar-refractivity contribution in [2.24, 2.45) is 0 Å². The highest BCUT2D eigenvalue weighted by molar-refractivity contribution is 5.58. The van der Waals surface area contributed by atoms with Gasteiger partial charge in [0.1, 0.15) is 5.82 Å². The Balaban J connectivity index is 2.42. The fourth-order valence-electron chi connectivity index (χ4n) is 2.41. The molecule has 0 fully saturated rings. The van der Waals surface area contributed by atoms with Crippen molar-refractivity contribution >= 4 is 5.69 Å². The van der Waals surface area contributed by atoms with E-state index in [9.17, 15) is 9.50 Å². The number of nitrogens with zero attached hydrogens (tertiary/aromatic N) is 1. The molecule has 1 N–H and O–H groups in total. The molecule has 98 valence electrons. The van der Waals surface area contributed by atoms with Gasteiger partial charge in [0.25, 0.3) is 0 Å². The lowest BCUT2D eigenvalue weighted by Crippen LogP contribution is -2.30. The zero-order valence-corrected chi connectivity index (χ0v) is 11.2. The van der Waals surface area contributed by atoms with E-state index in [1.807, 2.05) is 6.07 Å². The number of aryl methyl sites for hydroxylation is 1. The minimum absolute atomic E-state index is 0.251. The Morgan fingerprint density at radius 2 is 2.06 bits per heavy atom. The van der Waals surface area contributed by atoms with Crippen LogP contribution in [-0.2, 0) is 0 Å². The fourth-order valence-corrected chi connectivity index (χ4v) is 2.41. The molecule has 1 aliphatic rings. The van der Waals surface area contributed by atoms with Gasteiger partial charge in [-0.05, 0) is 44.9 Å². The highest BCUT2D eigenvalue weighted by Gasteiger charge is 2.18. The van der Waals surface area contributed by atoms with Crippen LogP contribution in [-0.4, -0.2) is 18.2 Å². The monoisotopic (exact) mass is 249 g/mol. The first-order chi connectivity index (χ1) is 8.49. The number of hydrogen-bond acceptors (Lipinski definition) is 2. The van der Waals surface area contributed by atoms with Crippen molar-refractivity contribution in [3.05, 3.63) is 40.7 Å². The number of halogens is 1. The Kier molecular flexibility index (Phi) is 3.71. The van der Waals surface area contributed by atoms with Gasteiger partial charge in [0.2, 0.25) is 0 Å². The van der Waals surface area contributed by atoms with E-state index >= 15 is 0 Å². The van der Waals surface area contributed by atoms with Crippen molar-refractivity contribution < 1.29 is 9.50 Å². The molecule has 3 heteroatoms. The third-order valence-electron chi connectivity index (χ3n) is 3.43. The summed E-state index contributed by atoms with van der Waals surface area (Å²) >= 11 is 0. The van der Waals surface area contributed by atoms with Crippen LogP contribution in [0.15, 0.2) is 23.8 Å². The standard InChI is InChI=1S/C15H20FNO/c1-10-5-4-6-17(9-10)15-7-11(2)14(16)8-13(15)12(3)18/h5,7-8,12,18H,4,6,9H2,1-3H3. The Morgan fingerprint density at radius 3 is 2.67 bits per heavy atom. The molecule has 2 rings (SSSR count). The number of benzene rings is 1. The van der Waals surface area contributed by atoms with Gasteiger partial charge in [-0.2, -0.15) is 0 Å². The average Bonchev–Trinajstić information content (AvgIpc) is 2.31. The van der Waals surface area contributed by atoms with Crippen LogP contribution in [0.25, 0.3) is 0 Å². The van der Waals surface area contributed by atoms with Crippen LogP contribution in [0.5, 0.6) is 0 Å². The Labute approximate surface area is 108 Å². The third kappa shape index (κ3) is 2.56. The third-order valence-corrected chi connectivity index (χ3v) is 3.43. The number of rotatable bonds is 2. The van der Waals surface area contributed by atoms with Crippen LogP contribution in [0.2, 0.25) is 0 Å². The predicted molar refractivity (Wildman–Crippen MR) is 72.4 cm³/mol. The van der Waals surface area contributed by atoms with Gasteiger partial charge in [0.05, 0.1) is 6.10 Å². The smallest absolute Gasteiger partial charge is 0.126 e. The van der Waals surface area contributed by atoms with Gasteiger partial charge in [-0.1, -0.05) is 11.6 Å². The Bertz CT molecular complexity index is 480.